The van der Waals surface area contributed by atoms with Crippen molar-refractivity contribution in [1.29, 1.82) is 0 Å². The van der Waals surface area contributed by atoms with Gasteiger partial charge in [0.2, 0.25) is 0 Å². The van der Waals surface area contributed by atoms with E-state index in [4.69, 9.17) is 0 Å². The molecule has 0 N–H and O–H groups in total. The fraction of sp³-hybridized carbons (Fsp3) is 0.400. The van der Waals surface area contributed by atoms with Gasteiger partial charge < -0.3 is 0 Å². The van der Waals surface area contributed by atoms with Gasteiger partial charge in [0.1, 0.15) is 5.67 Å². The van der Waals surface area contributed by atoms with Crippen molar-refractivity contribution in [1.82, 2.24) is 0 Å². The zero-order valence-corrected chi connectivity index (χ0v) is 8.64. The Morgan fingerprint density at radius 2 is 1.92 bits per heavy atom. The third-order valence-electron chi connectivity index (χ3n) is 2.06. The quantitative estimate of drug-likeness (QED) is 0.696. The van der Waals surface area contributed by atoms with E-state index in [1.807, 2.05) is 37.3 Å². The third kappa shape index (κ3) is 1.86. The molecule has 0 saturated carbocycles. The molecule has 0 fully saturated rings. The second-order valence-corrected chi connectivity index (χ2v) is 3.38. The van der Waals surface area contributed by atoms with Crippen LogP contribution in [0.3, 0.4) is 0 Å². The highest BCUT2D eigenvalue weighted by molar-refractivity contribution is 9.09. The van der Waals surface area contributed by atoms with Crippen LogP contribution in [0.1, 0.15) is 18.9 Å². The first-order valence-corrected chi connectivity index (χ1v) is 5.15. The highest BCUT2D eigenvalue weighted by Gasteiger charge is 2.27. The molecule has 0 aliphatic rings. The van der Waals surface area contributed by atoms with Crippen LogP contribution in [0.4, 0.5) is 4.39 Å². The molecule has 2 heteroatoms. The summed E-state index contributed by atoms with van der Waals surface area (Å²) >= 11 is 3.19. The molecule has 0 aromatic heterocycles. The fourth-order valence-corrected chi connectivity index (χ4v) is 1.83. The van der Waals surface area contributed by atoms with Gasteiger partial charge in [-0.05, 0) is 12.0 Å². The van der Waals surface area contributed by atoms with E-state index in [1.165, 1.54) is 0 Å². The first-order chi connectivity index (χ1) is 5.73. The van der Waals surface area contributed by atoms with Crippen LogP contribution in [0.25, 0.3) is 0 Å². The van der Waals surface area contributed by atoms with Crippen molar-refractivity contribution in [3.05, 3.63) is 35.9 Å². The highest BCUT2D eigenvalue weighted by Crippen LogP contribution is 2.31. The molecule has 12 heavy (non-hydrogen) atoms. The molecule has 1 aromatic carbocycles. The maximum Gasteiger partial charge on any atom is 0.145 e. The molecule has 0 aliphatic carbocycles. The van der Waals surface area contributed by atoms with Crippen LogP contribution < -0.4 is 0 Å². The maximum atomic E-state index is 13.9. The maximum absolute atomic E-state index is 13.9. The van der Waals surface area contributed by atoms with E-state index in [9.17, 15) is 4.39 Å². The summed E-state index contributed by atoms with van der Waals surface area (Å²) in [4.78, 5) is 0. The lowest BCUT2D eigenvalue weighted by Crippen LogP contribution is -2.20. The lowest BCUT2D eigenvalue weighted by atomic mass is 9.95. The van der Waals surface area contributed by atoms with Crippen LogP contribution in [0.2, 0.25) is 0 Å². The van der Waals surface area contributed by atoms with Gasteiger partial charge >= 0.3 is 0 Å². The van der Waals surface area contributed by atoms with Gasteiger partial charge in [-0.25, -0.2) is 4.39 Å². The minimum atomic E-state index is -1.21. The van der Waals surface area contributed by atoms with Crippen molar-refractivity contribution in [2.24, 2.45) is 0 Å². The van der Waals surface area contributed by atoms with E-state index in [0.717, 1.165) is 5.56 Å². The Bertz CT molecular complexity index is 229. The summed E-state index contributed by atoms with van der Waals surface area (Å²) in [6, 6.07) is 9.27. The minimum Gasteiger partial charge on any atom is -0.238 e. The number of rotatable bonds is 3. The van der Waals surface area contributed by atoms with Crippen LogP contribution in [0, 0.1) is 0 Å². The molecule has 1 rings (SSSR count). The normalized spacial score (nSPS) is 15.6. The molecular formula is C10H12BrF. The molecule has 0 amide bonds. The summed E-state index contributed by atoms with van der Waals surface area (Å²) in [6.45, 7) is 1.86. The van der Waals surface area contributed by atoms with E-state index >= 15 is 0 Å². The van der Waals surface area contributed by atoms with Gasteiger partial charge in [0.25, 0.3) is 0 Å². The zero-order valence-electron chi connectivity index (χ0n) is 7.06. The molecule has 1 aromatic rings. The van der Waals surface area contributed by atoms with Gasteiger partial charge in [-0.2, -0.15) is 0 Å². The van der Waals surface area contributed by atoms with Crippen molar-refractivity contribution < 1.29 is 4.39 Å². The fourth-order valence-electron chi connectivity index (χ4n) is 1.11. The van der Waals surface area contributed by atoms with Gasteiger partial charge in [-0.15, -0.1) is 0 Å². The summed E-state index contributed by atoms with van der Waals surface area (Å²) < 4.78 is 13.9. The summed E-state index contributed by atoms with van der Waals surface area (Å²) in [6.07, 6.45) is 0.502. The molecule has 0 aliphatic heterocycles. The first-order valence-electron chi connectivity index (χ1n) is 4.03. The van der Waals surface area contributed by atoms with E-state index in [-0.39, 0.29) is 0 Å². The average Bonchev–Trinajstić information content (AvgIpc) is 2.18. The predicted molar refractivity (Wildman–Crippen MR) is 53.3 cm³/mol. The van der Waals surface area contributed by atoms with Gasteiger partial charge in [0.15, 0.2) is 0 Å². The number of benzene rings is 1. The Balaban J connectivity index is 2.95. The number of hydrogen-bond donors (Lipinski definition) is 0. The Morgan fingerprint density at radius 3 is 2.33 bits per heavy atom. The molecule has 0 spiro atoms. The smallest absolute Gasteiger partial charge is 0.145 e. The number of alkyl halides is 2. The Labute approximate surface area is 80.9 Å². The molecule has 66 valence electrons. The highest BCUT2D eigenvalue weighted by atomic mass is 79.9. The lowest BCUT2D eigenvalue weighted by molar-refractivity contribution is 0.194. The summed E-state index contributed by atoms with van der Waals surface area (Å²) in [5, 5.41) is 0.362. The molecule has 0 radical (unpaired) electrons. The lowest BCUT2D eigenvalue weighted by Gasteiger charge is -2.21. The molecule has 0 unspecified atom stereocenters. The molecule has 0 heterocycles. The Hall–Kier alpha value is -0.370. The molecule has 1 atom stereocenters. The predicted octanol–water partition coefficient (Wildman–Crippen LogP) is 3.66. The number of hydrogen-bond acceptors (Lipinski definition) is 0. The second-order valence-electron chi connectivity index (χ2n) is 2.82. The van der Waals surface area contributed by atoms with E-state index in [2.05, 4.69) is 15.9 Å². The van der Waals surface area contributed by atoms with Crippen LogP contribution in [-0.4, -0.2) is 5.33 Å². The van der Waals surface area contributed by atoms with Gasteiger partial charge in [-0.1, -0.05) is 53.2 Å². The Morgan fingerprint density at radius 1 is 1.33 bits per heavy atom. The van der Waals surface area contributed by atoms with Crippen LogP contribution >= 0.6 is 15.9 Å². The van der Waals surface area contributed by atoms with E-state index < -0.39 is 5.67 Å². The van der Waals surface area contributed by atoms with Crippen LogP contribution in [-0.2, 0) is 5.67 Å². The van der Waals surface area contributed by atoms with Crippen molar-refractivity contribution in [3.8, 4) is 0 Å². The number of halogens is 2. The molecule has 0 nitrogen and oxygen atoms in total. The largest absolute Gasteiger partial charge is 0.238 e. The summed E-state index contributed by atoms with van der Waals surface area (Å²) in [5.74, 6) is 0. The third-order valence-corrected chi connectivity index (χ3v) is 2.95. The van der Waals surface area contributed by atoms with Crippen LogP contribution in [0.15, 0.2) is 30.3 Å². The Kier molecular flexibility index (Phi) is 3.27. The first kappa shape index (κ1) is 9.72. The topological polar surface area (TPSA) is 0 Å². The van der Waals surface area contributed by atoms with Gasteiger partial charge in [0, 0.05) is 5.33 Å². The van der Waals surface area contributed by atoms with Gasteiger partial charge in [-0.3, -0.25) is 0 Å². The minimum absolute atomic E-state index is 0.362. The van der Waals surface area contributed by atoms with Crippen molar-refractivity contribution >= 4 is 15.9 Å². The molecule has 0 saturated heterocycles. The van der Waals surface area contributed by atoms with E-state index in [1.54, 1.807) is 0 Å². The van der Waals surface area contributed by atoms with Crippen molar-refractivity contribution in [2.75, 3.05) is 5.33 Å². The SMILES string of the molecule is CC[C@@](F)(CBr)c1ccccc1. The van der Waals surface area contributed by atoms with Crippen LogP contribution in [0.5, 0.6) is 0 Å². The molecular weight excluding hydrogens is 219 g/mol. The van der Waals surface area contributed by atoms with Crippen molar-refractivity contribution in [2.45, 2.75) is 19.0 Å². The standard InChI is InChI=1S/C10H12BrF/c1-2-10(12,8-11)9-6-4-3-5-7-9/h3-7H,2,8H2,1H3/t10-/m1/s1. The van der Waals surface area contributed by atoms with Crippen molar-refractivity contribution in [3.63, 3.8) is 0 Å². The average molecular weight is 231 g/mol. The summed E-state index contributed by atoms with van der Waals surface area (Å²) in [5.41, 5.74) is -0.453. The zero-order chi connectivity index (χ0) is 9.03. The monoisotopic (exact) mass is 230 g/mol. The van der Waals surface area contributed by atoms with E-state index in [0.29, 0.717) is 11.8 Å². The second kappa shape index (κ2) is 4.04. The molecule has 0 bridgehead atoms. The summed E-state index contributed by atoms with van der Waals surface area (Å²) in [7, 11) is 0. The van der Waals surface area contributed by atoms with Gasteiger partial charge in [0.05, 0.1) is 0 Å².